The normalized spacial score (nSPS) is 12.1. The quantitative estimate of drug-likeness (QED) is 0.494. The van der Waals surface area contributed by atoms with E-state index >= 15 is 0 Å². The van der Waals surface area contributed by atoms with E-state index in [2.05, 4.69) is 4.83 Å². The highest BCUT2D eigenvalue weighted by molar-refractivity contribution is 7.89. The summed E-state index contributed by atoms with van der Waals surface area (Å²) < 4.78 is 11.4. The third-order valence-electron chi connectivity index (χ3n) is 1.50. The second-order valence-corrected chi connectivity index (χ2v) is 3.89. The van der Waals surface area contributed by atoms with E-state index in [1.54, 1.807) is 12.1 Å². The minimum atomic E-state index is -1.47. The third kappa shape index (κ3) is 3.25. The van der Waals surface area contributed by atoms with E-state index in [1.807, 2.05) is 24.5 Å². The molecule has 4 N–H and O–H groups in total. The second kappa shape index (κ2) is 4.85. The van der Waals surface area contributed by atoms with Gasteiger partial charge in [-0.15, -0.1) is 0 Å². The Morgan fingerprint density at radius 1 is 1.43 bits per heavy atom. The predicted octanol–water partition coefficient (Wildman–Crippen LogP) is 0.191. The van der Waals surface area contributed by atoms with Gasteiger partial charge in [0, 0.05) is 0 Å². The minimum absolute atomic E-state index is 0.573. The molecule has 0 spiro atoms. The van der Waals surface area contributed by atoms with Gasteiger partial charge >= 0.3 is 6.03 Å². The van der Waals surface area contributed by atoms with E-state index in [9.17, 15) is 9.35 Å². The van der Waals surface area contributed by atoms with Crippen LogP contribution in [0.4, 0.5) is 4.79 Å². The smallest absolute Gasteiger partial charge is 0.329 e. The first kappa shape index (κ1) is 10.8. The molecule has 1 aromatic rings. The molecule has 76 valence electrons. The number of nitrogens with two attached hydrogens (primary N) is 1. The van der Waals surface area contributed by atoms with Crippen LogP contribution in [0.15, 0.2) is 29.2 Å². The van der Waals surface area contributed by atoms with Crippen molar-refractivity contribution in [1.82, 2.24) is 10.3 Å². The molecule has 1 aromatic carbocycles. The standard InChI is InChI=1S/C8H11N3O2S/c1-6-2-4-7(5-3-6)14(13)11-10-8(9)12/h2-5,11H,1H3,(H3,9,10,12). The van der Waals surface area contributed by atoms with E-state index < -0.39 is 17.4 Å². The lowest BCUT2D eigenvalue weighted by atomic mass is 10.2. The number of hydrogen-bond acceptors (Lipinski definition) is 3. The molecule has 5 nitrogen and oxygen atoms in total. The predicted molar refractivity (Wildman–Crippen MR) is 53.4 cm³/mol. The van der Waals surface area contributed by atoms with Crippen molar-refractivity contribution in [2.45, 2.75) is 11.8 Å². The Balaban J connectivity index is 2.56. The molecule has 0 saturated carbocycles. The molecule has 0 heterocycles. The molecule has 0 bridgehead atoms. The maximum Gasteiger partial charge on any atom is 0.329 e. The van der Waals surface area contributed by atoms with Crippen molar-refractivity contribution in [3.63, 3.8) is 0 Å². The summed E-state index contributed by atoms with van der Waals surface area (Å²) in [4.78, 5) is 13.1. The maximum absolute atomic E-state index is 11.4. The summed E-state index contributed by atoms with van der Waals surface area (Å²) in [6.07, 6.45) is 0. The Hall–Kier alpha value is -1.24. The number of rotatable bonds is 3. The summed E-state index contributed by atoms with van der Waals surface area (Å²) in [6, 6.07) is 6.31. The molecular formula is C8H11N3O2S. The molecule has 0 saturated heterocycles. The highest BCUT2D eigenvalue weighted by atomic mass is 32.2. The molecule has 1 atom stereocenters. The zero-order valence-corrected chi connectivity index (χ0v) is 8.43. The van der Waals surface area contributed by atoms with Crippen molar-refractivity contribution in [3.8, 4) is 0 Å². The SMILES string of the molecule is Cc1ccc([S+]([O-])NNC(N)=O)cc1. The van der Waals surface area contributed by atoms with Crippen LogP contribution in [0.3, 0.4) is 0 Å². The van der Waals surface area contributed by atoms with Gasteiger partial charge in [0.05, 0.1) is 11.4 Å². The number of hydrogen-bond donors (Lipinski definition) is 3. The van der Waals surface area contributed by atoms with Crippen molar-refractivity contribution < 1.29 is 9.35 Å². The van der Waals surface area contributed by atoms with Crippen LogP contribution in [0.1, 0.15) is 5.56 Å². The molecule has 0 aliphatic carbocycles. The lowest BCUT2D eigenvalue weighted by molar-refractivity contribution is 0.247. The first-order valence-electron chi connectivity index (χ1n) is 3.89. The van der Waals surface area contributed by atoms with Crippen LogP contribution in [-0.2, 0) is 11.4 Å². The molecule has 0 aliphatic heterocycles. The molecule has 1 unspecified atom stereocenters. The van der Waals surface area contributed by atoms with Crippen LogP contribution in [0, 0.1) is 6.92 Å². The van der Waals surface area contributed by atoms with Gasteiger partial charge in [-0.3, -0.25) is 0 Å². The number of nitrogens with one attached hydrogen (secondary N) is 2. The minimum Gasteiger partial charge on any atom is -0.592 e. The topological polar surface area (TPSA) is 90.2 Å². The zero-order chi connectivity index (χ0) is 10.6. The van der Waals surface area contributed by atoms with Gasteiger partial charge in [-0.2, -0.15) is 0 Å². The molecule has 2 amide bonds. The van der Waals surface area contributed by atoms with Gasteiger partial charge in [0.15, 0.2) is 4.90 Å². The lowest BCUT2D eigenvalue weighted by Gasteiger charge is -2.09. The van der Waals surface area contributed by atoms with Crippen LogP contribution in [-0.4, -0.2) is 10.6 Å². The largest absolute Gasteiger partial charge is 0.592 e. The fraction of sp³-hybridized carbons (Fsp3) is 0.125. The Bertz CT molecular complexity index is 315. The van der Waals surface area contributed by atoms with Gasteiger partial charge < -0.3 is 10.3 Å². The fourth-order valence-corrected chi connectivity index (χ4v) is 1.51. The van der Waals surface area contributed by atoms with E-state index in [0.29, 0.717) is 4.90 Å². The van der Waals surface area contributed by atoms with Gasteiger partial charge in [0.2, 0.25) is 0 Å². The number of benzene rings is 1. The first-order valence-corrected chi connectivity index (χ1v) is 5.04. The van der Waals surface area contributed by atoms with Gasteiger partial charge in [-0.25, -0.2) is 10.2 Å². The number of carbonyl (C=O) groups is 1. The van der Waals surface area contributed by atoms with Crippen LogP contribution >= 0.6 is 0 Å². The van der Waals surface area contributed by atoms with Crippen LogP contribution in [0.25, 0.3) is 0 Å². The summed E-state index contributed by atoms with van der Waals surface area (Å²) in [5.41, 5.74) is 7.92. The molecular weight excluding hydrogens is 202 g/mol. The van der Waals surface area contributed by atoms with Crippen molar-refractivity contribution in [2.75, 3.05) is 0 Å². The third-order valence-corrected chi connectivity index (χ3v) is 2.49. The van der Waals surface area contributed by atoms with E-state index in [-0.39, 0.29) is 0 Å². The average Bonchev–Trinajstić information content (AvgIpc) is 2.15. The van der Waals surface area contributed by atoms with E-state index in [0.717, 1.165) is 5.56 Å². The average molecular weight is 213 g/mol. The summed E-state index contributed by atoms with van der Waals surface area (Å²) in [6.45, 7) is 1.93. The van der Waals surface area contributed by atoms with Crippen LogP contribution in [0.2, 0.25) is 0 Å². The highest BCUT2D eigenvalue weighted by Gasteiger charge is 2.10. The van der Waals surface area contributed by atoms with Crippen LogP contribution in [0.5, 0.6) is 0 Å². The van der Waals surface area contributed by atoms with E-state index in [1.165, 1.54) is 0 Å². The molecule has 0 aliphatic rings. The molecule has 0 fully saturated rings. The van der Waals surface area contributed by atoms with E-state index in [4.69, 9.17) is 5.73 Å². The second-order valence-electron chi connectivity index (χ2n) is 2.67. The number of aryl methyl sites for hydroxylation is 1. The monoisotopic (exact) mass is 213 g/mol. The molecule has 6 heteroatoms. The molecule has 14 heavy (non-hydrogen) atoms. The van der Waals surface area contributed by atoms with Gasteiger partial charge in [-0.05, 0) is 23.9 Å². The van der Waals surface area contributed by atoms with Crippen molar-refractivity contribution in [1.29, 1.82) is 0 Å². The first-order chi connectivity index (χ1) is 6.59. The maximum atomic E-state index is 11.4. The van der Waals surface area contributed by atoms with Gasteiger partial charge in [0.25, 0.3) is 0 Å². The number of urea groups is 1. The number of amides is 2. The van der Waals surface area contributed by atoms with Crippen molar-refractivity contribution >= 4 is 17.4 Å². The Morgan fingerprint density at radius 3 is 2.50 bits per heavy atom. The lowest BCUT2D eigenvalue weighted by Crippen LogP contribution is -2.44. The highest BCUT2D eigenvalue weighted by Crippen LogP contribution is 2.08. The Labute approximate surface area is 85.0 Å². The molecule has 1 rings (SSSR count). The number of primary amides is 1. The Kier molecular flexibility index (Phi) is 3.75. The van der Waals surface area contributed by atoms with Gasteiger partial charge in [-0.1, -0.05) is 17.7 Å². The molecule has 0 aromatic heterocycles. The number of hydrazine groups is 1. The Morgan fingerprint density at radius 2 is 2.00 bits per heavy atom. The summed E-state index contributed by atoms with van der Waals surface area (Å²) in [5.74, 6) is 0. The zero-order valence-electron chi connectivity index (χ0n) is 7.61. The van der Waals surface area contributed by atoms with Crippen molar-refractivity contribution in [2.24, 2.45) is 5.73 Å². The summed E-state index contributed by atoms with van der Waals surface area (Å²) in [7, 11) is 0. The van der Waals surface area contributed by atoms with Crippen LogP contribution < -0.4 is 16.0 Å². The van der Waals surface area contributed by atoms with Crippen molar-refractivity contribution in [3.05, 3.63) is 29.8 Å². The van der Waals surface area contributed by atoms with Gasteiger partial charge in [0.1, 0.15) is 0 Å². The fourth-order valence-electron chi connectivity index (χ4n) is 0.817. The number of carbonyl (C=O) groups excluding carboxylic acids is 1. The molecule has 0 radical (unpaired) electrons. The summed E-state index contributed by atoms with van der Waals surface area (Å²) in [5, 5.41) is 0. The summed E-state index contributed by atoms with van der Waals surface area (Å²) >= 11 is -1.47.